The van der Waals surface area contributed by atoms with Crippen molar-refractivity contribution in [3.8, 4) is 5.75 Å². The number of nitrogens with one attached hydrogen (secondary N) is 3. The molecule has 0 atom stereocenters. The predicted octanol–water partition coefficient (Wildman–Crippen LogP) is 1.29. The van der Waals surface area contributed by atoms with Crippen LogP contribution in [0.1, 0.15) is 30.4 Å². The largest absolute Gasteiger partial charge is 0.489 e. The lowest BCUT2D eigenvalue weighted by Crippen LogP contribution is -2.34. The minimum absolute atomic E-state index is 0.0893. The van der Waals surface area contributed by atoms with Gasteiger partial charge in [0.2, 0.25) is 17.7 Å². The van der Waals surface area contributed by atoms with Crippen LogP contribution in [0.4, 0.5) is 0 Å². The van der Waals surface area contributed by atoms with Gasteiger partial charge < -0.3 is 26.4 Å². The fourth-order valence-electron chi connectivity index (χ4n) is 2.84. The molecule has 2 aromatic rings. The van der Waals surface area contributed by atoms with Gasteiger partial charge in [-0.1, -0.05) is 42.5 Å². The highest BCUT2D eigenvalue weighted by molar-refractivity contribution is 5.96. The summed E-state index contributed by atoms with van der Waals surface area (Å²) in [6, 6.07) is 17.4. The fraction of sp³-hybridized carbons (Fsp3) is 0.375. The van der Waals surface area contributed by atoms with E-state index in [1.165, 1.54) is 0 Å². The van der Waals surface area contributed by atoms with Crippen molar-refractivity contribution in [1.82, 2.24) is 16.0 Å². The second-order valence-electron chi connectivity index (χ2n) is 7.32. The van der Waals surface area contributed by atoms with Gasteiger partial charge in [0.25, 0.3) is 0 Å². The quantitative estimate of drug-likeness (QED) is 0.260. The van der Waals surface area contributed by atoms with E-state index >= 15 is 0 Å². The average Bonchev–Trinajstić information content (AvgIpc) is 2.79. The zero-order chi connectivity index (χ0) is 23.0. The van der Waals surface area contributed by atoms with E-state index in [-0.39, 0.29) is 30.6 Å². The summed E-state index contributed by atoms with van der Waals surface area (Å²) < 4.78 is 5.75. The van der Waals surface area contributed by atoms with Gasteiger partial charge in [0.1, 0.15) is 18.8 Å². The third kappa shape index (κ3) is 10.6. The van der Waals surface area contributed by atoms with Crippen molar-refractivity contribution in [3.05, 3.63) is 65.7 Å². The summed E-state index contributed by atoms with van der Waals surface area (Å²) in [6.07, 6.45) is 1.33. The van der Waals surface area contributed by atoms with Gasteiger partial charge in [0.05, 0.1) is 6.42 Å². The monoisotopic (exact) mass is 440 g/mol. The van der Waals surface area contributed by atoms with E-state index in [9.17, 15) is 14.4 Å². The summed E-state index contributed by atoms with van der Waals surface area (Å²) >= 11 is 0. The van der Waals surface area contributed by atoms with Gasteiger partial charge in [0, 0.05) is 19.6 Å². The van der Waals surface area contributed by atoms with Crippen LogP contribution in [-0.2, 0) is 27.4 Å². The normalized spacial score (nSPS) is 10.3. The maximum Gasteiger partial charge on any atom is 0.229 e. The highest BCUT2D eigenvalue weighted by Crippen LogP contribution is 2.14. The van der Waals surface area contributed by atoms with Crippen molar-refractivity contribution in [2.24, 2.45) is 5.73 Å². The topological polar surface area (TPSA) is 123 Å². The first kappa shape index (κ1) is 24.9. The van der Waals surface area contributed by atoms with Gasteiger partial charge >= 0.3 is 0 Å². The second kappa shape index (κ2) is 14.6. The third-order valence-corrected chi connectivity index (χ3v) is 4.56. The molecule has 0 aliphatic heterocycles. The van der Waals surface area contributed by atoms with E-state index < -0.39 is 0 Å². The van der Waals surface area contributed by atoms with Gasteiger partial charge in [-0.25, -0.2) is 0 Å². The molecule has 5 N–H and O–H groups in total. The van der Waals surface area contributed by atoms with E-state index in [4.69, 9.17) is 10.5 Å². The Morgan fingerprint density at radius 3 is 1.94 bits per heavy atom. The van der Waals surface area contributed by atoms with Gasteiger partial charge in [-0.2, -0.15) is 0 Å². The molecule has 8 nitrogen and oxygen atoms in total. The van der Waals surface area contributed by atoms with Crippen LogP contribution in [-0.4, -0.2) is 43.9 Å². The molecule has 0 bridgehead atoms. The van der Waals surface area contributed by atoms with Crippen LogP contribution >= 0.6 is 0 Å². The number of carbonyl (C=O) groups is 3. The zero-order valence-corrected chi connectivity index (χ0v) is 18.3. The van der Waals surface area contributed by atoms with E-state index in [0.29, 0.717) is 45.6 Å². The number of ether oxygens (including phenoxy) is 1. The number of carbonyl (C=O) groups excluding carboxylic acids is 3. The molecule has 0 fully saturated rings. The van der Waals surface area contributed by atoms with Crippen LogP contribution in [0, 0.1) is 0 Å². The maximum atomic E-state index is 12.1. The smallest absolute Gasteiger partial charge is 0.229 e. The molecule has 8 heteroatoms. The first-order valence-corrected chi connectivity index (χ1v) is 10.8. The Labute approximate surface area is 188 Å². The molecule has 0 aliphatic rings. The fourth-order valence-corrected chi connectivity index (χ4v) is 2.84. The molecule has 172 valence electrons. The van der Waals surface area contributed by atoms with Gasteiger partial charge in [-0.3, -0.25) is 14.4 Å². The number of rotatable bonds is 14. The number of hydrogen-bond acceptors (Lipinski definition) is 5. The van der Waals surface area contributed by atoms with Gasteiger partial charge in [-0.05, 0) is 42.6 Å². The Bertz CT molecular complexity index is 841. The standard InChI is InChI=1S/C24H32N4O4/c25-12-4-13-26-23(30)17-24(31)28-15-5-14-27-22(29)16-19-8-10-21(11-9-19)32-18-20-6-2-1-3-7-20/h1-3,6-11H,4-5,12-18,25H2,(H,26,30)(H,27,29)(H,28,31). The first-order chi connectivity index (χ1) is 15.6. The van der Waals surface area contributed by atoms with Gasteiger partial charge in [0.15, 0.2) is 0 Å². The van der Waals surface area contributed by atoms with Crippen molar-refractivity contribution >= 4 is 17.7 Å². The van der Waals surface area contributed by atoms with Gasteiger partial charge in [-0.15, -0.1) is 0 Å². The van der Waals surface area contributed by atoms with Crippen LogP contribution in [0.5, 0.6) is 5.75 Å². The number of amides is 3. The lowest BCUT2D eigenvalue weighted by Gasteiger charge is -2.09. The van der Waals surface area contributed by atoms with Crippen molar-refractivity contribution in [3.63, 3.8) is 0 Å². The molecule has 2 rings (SSSR count). The van der Waals surface area contributed by atoms with E-state index in [1.54, 1.807) is 0 Å². The average molecular weight is 441 g/mol. The van der Waals surface area contributed by atoms with Crippen LogP contribution in [0.25, 0.3) is 0 Å². The minimum atomic E-state index is -0.337. The van der Waals surface area contributed by atoms with Crippen molar-refractivity contribution < 1.29 is 19.1 Å². The molecule has 0 spiro atoms. The molecule has 0 heterocycles. The highest BCUT2D eigenvalue weighted by atomic mass is 16.5. The zero-order valence-electron chi connectivity index (χ0n) is 18.3. The molecule has 0 saturated carbocycles. The van der Waals surface area contributed by atoms with Crippen molar-refractivity contribution in [2.75, 3.05) is 26.2 Å². The molecule has 0 aromatic heterocycles. The second-order valence-corrected chi connectivity index (χ2v) is 7.32. The number of nitrogens with two attached hydrogens (primary N) is 1. The molecule has 0 aliphatic carbocycles. The van der Waals surface area contributed by atoms with E-state index in [0.717, 1.165) is 16.9 Å². The summed E-state index contributed by atoms with van der Waals surface area (Å²) in [6.45, 7) is 2.30. The van der Waals surface area contributed by atoms with Crippen molar-refractivity contribution in [2.45, 2.75) is 32.3 Å². The molecule has 0 unspecified atom stereocenters. The van der Waals surface area contributed by atoms with Crippen LogP contribution < -0.4 is 26.4 Å². The number of benzene rings is 2. The van der Waals surface area contributed by atoms with E-state index in [2.05, 4.69) is 16.0 Å². The lowest BCUT2D eigenvalue weighted by molar-refractivity contribution is -0.129. The molecule has 0 saturated heterocycles. The molecule has 32 heavy (non-hydrogen) atoms. The van der Waals surface area contributed by atoms with Crippen LogP contribution in [0.15, 0.2) is 54.6 Å². The predicted molar refractivity (Wildman–Crippen MR) is 123 cm³/mol. The van der Waals surface area contributed by atoms with Crippen LogP contribution in [0.3, 0.4) is 0 Å². The summed E-state index contributed by atoms with van der Waals surface area (Å²) in [4.78, 5) is 35.3. The van der Waals surface area contributed by atoms with Crippen molar-refractivity contribution in [1.29, 1.82) is 0 Å². The molecular formula is C24H32N4O4. The summed E-state index contributed by atoms with van der Waals surface area (Å²) in [5.74, 6) is 0.00672. The Balaban J connectivity index is 1.56. The third-order valence-electron chi connectivity index (χ3n) is 4.56. The van der Waals surface area contributed by atoms with Crippen LogP contribution in [0.2, 0.25) is 0 Å². The molecular weight excluding hydrogens is 408 g/mol. The molecule has 2 aromatic carbocycles. The first-order valence-electron chi connectivity index (χ1n) is 10.8. The molecule has 0 radical (unpaired) electrons. The Hall–Kier alpha value is -3.39. The minimum Gasteiger partial charge on any atom is -0.489 e. The summed E-state index contributed by atoms with van der Waals surface area (Å²) in [5.41, 5.74) is 7.33. The maximum absolute atomic E-state index is 12.1. The Morgan fingerprint density at radius 2 is 1.31 bits per heavy atom. The summed E-state index contributed by atoms with van der Waals surface area (Å²) in [7, 11) is 0. The SMILES string of the molecule is NCCCNC(=O)CC(=O)NCCCNC(=O)Cc1ccc(OCc2ccccc2)cc1. The highest BCUT2D eigenvalue weighted by Gasteiger charge is 2.08. The Kier molecular flexibility index (Phi) is 11.3. The summed E-state index contributed by atoms with van der Waals surface area (Å²) in [5, 5.41) is 8.12. The molecule has 3 amide bonds. The number of hydrogen-bond donors (Lipinski definition) is 4. The van der Waals surface area contributed by atoms with E-state index in [1.807, 2.05) is 54.6 Å². The lowest BCUT2D eigenvalue weighted by atomic mass is 10.1. The Morgan fingerprint density at radius 1 is 0.719 bits per heavy atom.